The number of hydrogen-bond donors (Lipinski definition) is 0. The summed E-state index contributed by atoms with van der Waals surface area (Å²) in [5.41, 5.74) is 3.69. The van der Waals surface area contributed by atoms with Crippen LogP contribution in [0.15, 0.2) is 48.7 Å². The molecule has 2 fully saturated rings. The van der Waals surface area contributed by atoms with Crippen LogP contribution in [0.2, 0.25) is 10.0 Å². The number of pyridine rings is 1. The third-order valence-electron chi connectivity index (χ3n) is 8.35. The third-order valence-corrected chi connectivity index (χ3v) is 9.09. The number of fused-ring (bicyclic) bond motifs is 1. The number of carbonyl (C=O) groups is 2. The molecular weight excluding hydrogens is 533 g/mol. The summed E-state index contributed by atoms with van der Waals surface area (Å²) in [7, 11) is 0. The van der Waals surface area contributed by atoms with E-state index in [9.17, 15) is 9.59 Å². The summed E-state index contributed by atoms with van der Waals surface area (Å²) >= 11 is 12.4. The number of carbonyl (C=O) groups excluding carboxylic acids is 2. The Morgan fingerprint density at radius 2 is 1.77 bits per heavy atom. The van der Waals surface area contributed by atoms with Crippen molar-refractivity contribution in [2.45, 2.75) is 45.6 Å². The molecule has 2 saturated heterocycles. The zero-order valence-electron chi connectivity index (χ0n) is 22.5. The Morgan fingerprint density at radius 3 is 2.51 bits per heavy atom. The number of piperidine rings is 2. The smallest absolute Gasteiger partial charge is 0.302 e. The highest BCUT2D eigenvalue weighted by molar-refractivity contribution is 6.42. The maximum atomic E-state index is 13.6. The van der Waals surface area contributed by atoms with Gasteiger partial charge < -0.3 is 9.64 Å². The summed E-state index contributed by atoms with van der Waals surface area (Å²) in [4.78, 5) is 34.3. The predicted octanol–water partition coefficient (Wildman–Crippen LogP) is 6.20. The monoisotopic (exact) mass is 567 g/mol. The molecule has 0 bridgehead atoms. The molecule has 5 rings (SSSR count). The molecule has 2 aliphatic rings. The van der Waals surface area contributed by atoms with Gasteiger partial charge in [-0.2, -0.15) is 0 Å². The highest BCUT2D eigenvalue weighted by Gasteiger charge is 2.35. The Hall–Kier alpha value is -2.67. The fourth-order valence-electron chi connectivity index (χ4n) is 6.21. The van der Waals surface area contributed by atoms with Crippen LogP contribution in [0.1, 0.15) is 47.7 Å². The van der Waals surface area contributed by atoms with Crippen molar-refractivity contribution >= 4 is 46.0 Å². The lowest BCUT2D eigenvalue weighted by Crippen LogP contribution is -2.52. The summed E-state index contributed by atoms with van der Waals surface area (Å²) < 4.78 is 5.50. The molecular formula is C31H35Cl2N3O3. The fourth-order valence-corrected chi connectivity index (χ4v) is 6.53. The number of halogens is 2. The molecule has 8 heteroatoms. The van der Waals surface area contributed by atoms with Crippen LogP contribution in [-0.4, -0.2) is 65.5 Å². The summed E-state index contributed by atoms with van der Waals surface area (Å²) in [6.45, 7) is 7.19. The first-order valence-corrected chi connectivity index (χ1v) is 14.5. The van der Waals surface area contributed by atoms with Crippen LogP contribution in [-0.2, 0) is 16.0 Å². The standard InChI is InChI=1S/C31H35Cl2N3O3/c1-20-17-34-29-6-4-3-5-26(29)30(20)31(38)35-13-10-25(11-14-35)36-12-9-23(24(18-36)19-39-21(2)37)15-22-7-8-27(32)28(33)16-22/h3-8,16-17,23-25H,9-15,18-19H2,1-2H3/t23?,24-/m0/s1. The van der Waals surface area contributed by atoms with E-state index in [-0.39, 0.29) is 17.8 Å². The number of ether oxygens (including phenoxy) is 1. The van der Waals surface area contributed by atoms with Crippen LogP contribution < -0.4 is 0 Å². The van der Waals surface area contributed by atoms with Gasteiger partial charge in [0.2, 0.25) is 0 Å². The van der Waals surface area contributed by atoms with Crippen LogP contribution >= 0.6 is 23.2 Å². The van der Waals surface area contributed by atoms with Gasteiger partial charge in [0.15, 0.2) is 0 Å². The second kappa shape index (κ2) is 12.2. The van der Waals surface area contributed by atoms with Gasteiger partial charge in [0.25, 0.3) is 5.91 Å². The number of rotatable bonds is 6. The normalized spacial score (nSPS) is 20.8. The van der Waals surface area contributed by atoms with E-state index in [1.54, 1.807) is 6.20 Å². The van der Waals surface area contributed by atoms with Crippen molar-refractivity contribution in [2.75, 3.05) is 32.8 Å². The Bertz CT molecular complexity index is 1360. The molecule has 39 heavy (non-hydrogen) atoms. The molecule has 1 amide bonds. The molecule has 1 aromatic heterocycles. The van der Waals surface area contributed by atoms with Gasteiger partial charge in [-0.3, -0.25) is 19.5 Å². The van der Waals surface area contributed by atoms with Gasteiger partial charge >= 0.3 is 5.97 Å². The van der Waals surface area contributed by atoms with Gasteiger partial charge in [-0.1, -0.05) is 47.5 Å². The zero-order valence-corrected chi connectivity index (χ0v) is 24.0. The second-order valence-electron chi connectivity index (χ2n) is 10.9. The van der Waals surface area contributed by atoms with Crippen molar-refractivity contribution in [3.63, 3.8) is 0 Å². The van der Waals surface area contributed by atoms with Crippen molar-refractivity contribution < 1.29 is 14.3 Å². The molecule has 2 aliphatic heterocycles. The van der Waals surface area contributed by atoms with Crippen molar-refractivity contribution in [2.24, 2.45) is 11.8 Å². The van der Waals surface area contributed by atoms with Crippen LogP contribution in [0.5, 0.6) is 0 Å². The van der Waals surface area contributed by atoms with Gasteiger partial charge in [-0.05, 0) is 74.4 Å². The topological polar surface area (TPSA) is 62.7 Å². The molecule has 0 radical (unpaired) electrons. The quantitative estimate of drug-likeness (QED) is 0.332. The lowest BCUT2D eigenvalue weighted by molar-refractivity contribution is -0.143. The number of benzene rings is 2. The third kappa shape index (κ3) is 6.40. The van der Waals surface area contributed by atoms with E-state index in [0.717, 1.165) is 79.5 Å². The van der Waals surface area contributed by atoms with E-state index in [1.165, 1.54) is 6.92 Å². The molecule has 0 aliphatic carbocycles. The average Bonchev–Trinajstić information content (AvgIpc) is 2.94. The van der Waals surface area contributed by atoms with Gasteiger partial charge in [-0.15, -0.1) is 0 Å². The van der Waals surface area contributed by atoms with E-state index in [0.29, 0.717) is 28.6 Å². The highest BCUT2D eigenvalue weighted by atomic mass is 35.5. The Labute approximate surface area is 240 Å². The molecule has 1 unspecified atom stereocenters. The molecule has 2 atom stereocenters. The molecule has 0 saturated carbocycles. The average molecular weight is 569 g/mol. The van der Waals surface area contributed by atoms with E-state index < -0.39 is 0 Å². The number of nitrogens with zero attached hydrogens (tertiary/aromatic N) is 3. The van der Waals surface area contributed by atoms with E-state index in [2.05, 4.69) is 9.88 Å². The summed E-state index contributed by atoms with van der Waals surface area (Å²) in [5, 5.41) is 2.05. The van der Waals surface area contributed by atoms with Crippen molar-refractivity contribution in [1.82, 2.24) is 14.8 Å². The maximum Gasteiger partial charge on any atom is 0.302 e. The Kier molecular flexibility index (Phi) is 8.75. The first-order chi connectivity index (χ1) is 18.8. The van der Waals surface area contributed by atoms with E-state index in [1.807, 2.05) is 54.3 Å². The summed E-state index contributed by atoms with van der Waals surface area (Å²) in [6.07, 6.45) is 5.57. The van der Waals surface area contributed by atoms with E-state index in [4.69, 9.17) is 27.9 Å². The molecule has 2 aromatic carbocycles. The first-order valence-electron chi connectivity index (χ1n) is 13.7. The summed E-state index contributed by atoms with van der Waals surface area (Å²) in [5.74, 6) is 0.480. The lowest BCUT2D eigenvalue weighted by atomic mass is 9.80. The number of amides is 1. The number of likely N-dealkylation sites (tertiary alicyclic amines) is 2. The van der Waals surface area contributed by atoms with Crippen molar-refractivity contribution in [1.29, 1.82) is 0 Å². The largest absolute Gasteiger partial charge is 0.466 e. The summed E-state index contributed by atoms with van der Waals surface area (Å²) in [6, 6.07) is 14.1. The SMILES string of the molecule is CC(=O)OC[C@@H]1CN(C2CCN(C(=O)c3c(C)cnc4ccccc34)CC2)CCC1Cc1ccc(Cl)c(Cl)c1. The minimum absolute atomic E-state index is 0.0950. The van der Waals surface area contributed by atoms with Gasteiger partial charge in [0.05, 0.1) is 27.7 Å². The van der Waals surface area contributed by atoms with Crippen LogP contribution in [0.4, 0.5) is 0 Å². The number of para-hydroxylation sites is 1. The Balaban J connectivity index is 1.23. The molecule has 206 valence electrons. The molecule has 0 spiro atoms. The van der Waals surface area contributed by atoms with Crippen LogP contribution in [0.25, 0.3) is 10.9 Å². The van der Waals surface area contributed by atoms with Gasteiger partial charge in [-0.25, -0.2) is 0 Å². The van der Waals surface area contributed by atoms with E-state index >= 15 is 0 Å². The number of aryl methyl sites for hydroxylation is 1. The minimum Gasteiger partial charge on any atom is -0.466 e. The second-order valence-corrected chi connectivity index (χ2v) is 11.7. The van der Waals surface area contributed by atoms with Gasteiger partial charge in [0.1, 0.15) is 0 Å². The molecule has 3 heterocycles. The number of hydrogen-bond acceptors (Lipinski definition) is 5. The maximum absolute atomic E-state index is 13.6. The zero-order chi connectivity index (χ0) is 27.5. The fraction of sp³-hybridized carbons (Fsp3) is 0.452. The number of esters is 1. The van der Waals surface area contributed by atoms with Crippen molar-refractivity contribution in [3.8, 4) is 0 Å². The highest BCUT2D eigenvalue weighted by Crippen LogP contribution is 2.33. The first kappa shape index (κ1) is 27.9. The predicted molar refractivity (Wildman–Crippen MR) is 155 cm³/mol. The van der Waals surface area contributed by atoms with Crippen molar-refractivity contribution in [3.05, 3.63) is 75.4 Å². The molecule has 3 aromatic rings. The number of aromatic nitrogens is 1. The molecule has 6 nitrogen and oxygen atoms in total. The van der Waals surface area contributed by atoms with Crippen LogP contribution in [0, 0.1) is 18.8 Å². The minimum atomic E-state index is -0.244. The lowest BCUT2D eigenvalue weighted by Gasteiger charge is -2.45. The Morgan fingerprint density at radius 1 is 1.00 bits per heavy atom. The van der Waals surface area contributed by atoms with Gasteiger partial charge in [0, 0.05) is 50.1 Å². The van der Waals surface area contributed by atoms with Crippen LogP contribution in [0.3, 0.4) is 0 Å². The molecule has 0 N–H and O–H groups in total.